The molecule has 0 saturated carbocycles. The van der Waals surface area contributed by atoms with Gasteiger partial charge in [0.15, 0.2) is 6.29 Å². The lowest BCUT2D eigenvalue weighted by Gasteiger charge is -2.42. The minimum atomic E-state index is -1.30. The fourth-order valence-electron chi connectivity index (χ4n) is 1.89. The first kappa shape index (κ1) is 16.4. The molecule has 0 aromatic carbocycles. The van der Waals surface area contributed by atoms with Gasteiger partial charge in [-0.25, -0.2) is 0 Å². The van der Waals surface area contributed by atoms with Crippen molar-refractivity contribution in [1.82, 2.24) is 5.32 Å². The van der Waals surface area contributed by atoms with Crippen LogP contribution in [0.3, 0.4) is 0 Å². The largest absolute Gasteiger partial charge is 0.388 e. The molecule has 1 fully saturated rings. The van der Waals surface area contributed by atoms with Crippen molar-refractivity contribution < 1.29 is 24.5 Å². The van der Waals surface area contributed by atoms with E-state index in [4.69, 9.17) is 15.0 Å². The van der Waals surface area contributed by atoms with E-state index in [0.29, 0.717) is 0 Å². The standard InChI is InChI=1S/C11H18N4O5/c1-3-4-19-11-8(14-6(2)16)10(18)9(17)7(20-11)5-13-15-12/h3,7-11,17-18H,1,4-5H2,2H3,(H,14,16). The van der Waals surface area contributed by atoms with E-state index >= 15 is 0 Å². The Kier molecular flexibility index (Phi) is 6.43. The van der Waals surface area contributed by atoms with Gasteiger partial charge in [-0.2, -0.15) is 0 Å². The maximum atomic E-state index is 11.1. The molecule has 3 N–H and O–H groups in total. The second-order valence-electron chi connectivity index (χ2n) is 4.29. The van der Waals surface area contributed by atoms with Crippen molar-refractivity contribution in [3.05, 3.63) is 23.1 Å². The van der Waals surface area contributed by atoms with Crippen LogP contribution in [-0.4, -0.2) is 59.9 Å². The van der Waals surface area contributed by atoms with E-state index in [-0.39, 0.29) is 13.2 Å². The zero-order valence-corrected chi connectivity index (χ0v) is 11.0. The maximum absolute atomic E-state index is 11.1. The average Bonchev–Trinajstić information content (AvgIpc) is 2.41. The predicted molar refractivity (Wildman–Crippen MR) is 68.4 cm³/mol. The van der Waals surface area contributed by atoms with Crippen LogP contribution in [0.25, 0.3) is 10.4 Å². The number of aliphatic hydroxyl groups excluding tert-OH is 2. The minimum Gasteiger partial charge on any atom is -0.388 e. The molecule has 1 rings (SSSR count). The molecule has 0 aromatic heterocycles. The average molecular weight is 286 g/mol. The predicted octanol–water partition coefficient (Wildman–Crippen LogP) is -0.549. The molecule has 9 nitrogen and oxygen atoms in total. The van der Waals surface area contributed by atoms with Gasteiger partial charge in [-0.3, -0.25) is 4.79 Å². The topological polar surface area (TPSA) is 137 Å². The lowest BCUT2D eigenvalue weighted by atomic mass is 9.96. The molecule has 1 heterocycles. The second-order valence-corrected chi connectivity index (χ2v) is 4.29. The second kappa shape index (κ2) is 7.83. The Hall–Kier alpha value is -1.64. The van der Waals surface area contributed by atoms with Gasteiger partial charge in [-0.15, -0.1) is 6.58 Å². The minimum absolute atomic E-state index is 0.137. The number of nitrogens with zero attached hydrogens (tertiary/aromatic N) is 3. The summed E-state index contributed by atoms with van der Waals surface area (Å²) in [5.74, 6) is -0.398. The number of carbonyl (C=O) groups excluding carboxylic acids is 1. The summed E-state index contributed by atoms with van der Waals surface area (Å²) >= 11 is 0. The molecule has 0 aromatic rings. The highest BCUT2D eigenvalue weighted by atomic mass is 16.7. The summed E-state index contributed by atoms with van der Waals surface area (Å²) in [4.78, 5) is 13.7. The molecule has 0 aliphatic carbocycles. The third kappa shape index (κ3) is 4.19. The Morgan fingerprint density at radius 1 is 1.60 bits per heavy atom. The first-order valence-corrected chi connectivity index (χ1v) is 6.03. The molecule has 1 aliphatic rings. The van der Waals surface area contributed by atoms with Gasteiger partial charge < -0.3 is 25.0 Å². The van der Waals surface area contributed by atoms with Crippen LogP contribution in [0.1, 0.15) is 6.92 Å². The van der Waals surface area contributed by atoms with E-state index in [2.05, 4.69) is 21.9 Å². The van der Waals surface area contributed by atoms with Crippen molar-refractivity contribution in [3.8, 4) is 0 Å². The van der Waals surface area contributed by atoms with E-state index in [1.54, 1.807) is 0 Å². The Bertz CT molecular complexity index is 398. The van der Waals surface area contributed by atoms with Gasteiger partial charge in [-0.1, -0.05) is 11.2 Å². The van der Waals surface area contributed by atoms with E-state index in [1.165, 1.54) is 13.0 Å². The molecular formula is C11H18N4O5. The molecule has 1 aliphatic heterocycles. The fourth-order valence-corrected chi connectivity index (χ4v) is 1.89. The molecule has 5 atom stereocenters. The number of aliphatic hydroxyl groups is 2. The third-order valence-corrected chi connectivity index (χ3v) is 2.77. The number of hydrogen-bond donors (Lipinski definition) is 3. The van der Waals surface area contributed by atoms with Gasteiger partial charge in [0.1, 0.15) is 18.2 Å². The van der Waals surface area contributed by atoms with Gasteiger partial charge >= 0.3 is 0 Å². The summed E-state index contributed by atoms with van der Waals surface area (Å²) in [6.07, 6.45) is -3.02. The summed E-state index contributed by atoms with van der Waals surface area (Å²) in [7, 11) is 0. The van der Waals surface area contributed by atoms with Crippen molar-refractivity contribution in [1.29, 1.82) is 0 Å². The molecular weight excluding hydrogens is 268 g/mol. The molecule has 5 unspecified atom stereocenters. The van der Waals surface area contributed by atoms with E-state index in [1.807, 2.05) is 0 Å². The molecule has 0 spiro atoms. The van der Waals surface area contributed by atoms with Gasteiger partial charge in [0, 0.05) is 11.8 Å². The van der Waals surface area contributed by atoms with Crippen molar-refractivity contribution in [2.75, 3.05) is 13.2 Å². The molecule has 0 radical (unpaired) electrons. The lowest BCUT2D eigenvalue weighted by molar-refractivity contribution is -0.258. The Labute approximate surface area is 115 Å². The van der Waals surface area contributed by atoms with Gasteiger partial charge in [0.25, 0.3) is 0 Å². The molecule has 112 valence electrons. The Morgan fingerprint density at radius 3 is 2.85 bits per heavy atom. The summed E-state index contributed by atoms with van der Waals surface area (Å²) in [5.41, 5.74) is 8.28. The van der Waals surface area contributed by atoms with Gasteiger partial charge in [0.05, 0.1) is 19.3 Å². The smallest absolute Gasteiger partial charge is 0.217 e. The highest BCUT2D eigenvalue weighted by molar-refractivity contribution is 5.73. The third-order valence-electron chi connectivity index (χ3n) is 2.77. The number of azide groups is 1. The normalized spacial score (nSPS) is 33.0. The van der Waals surface area contributed by atoms with Crippen LogP contribution in [0.15, 0.2) is 17.8 Å². The van der Waals surface area contributed by atoms with Crippen LogP contribution in [0.5, 0.6) is 0 Å². The lowest BCUT2D eigenvalue weighted by Crippen LogP contribution is -2.64. The number of hydrogen-bond acceptors (Lipinski definition) is 6. The van der Waals surface area contributed by atoms with Crippen LogP contribution in [0, 0.1) is 0 Å². The fraction of sp³-hybridized carbons (Fsp3) is 0.727. The number of carbonyl (C=O) groups is 1. The number of rotatable bonds is 6. The van der Waals surface area contributed by atoms with Gasteiger partial charge in [0.2, 0.25) is 5.91 Å². The van der Waals surface area contributed by atoms with Crippen LogP contribution in [0.2, 0.25) is 0 Å². The molecule has 0 bridgehead atoms. The molecule has 1 amide bonds. The summed E-state index contributed by atoms with van der Waals surface area (Å²) in [5, 5.41) is 25.7. The zero-order valence-electron chi connectivity index (χ0n) is 11.0. The van der Waals surface area contributed by atoms with Crippen LogP contribution >= 0.6 is 0 Å². The van der Waals surface area contributed by atoms with Crippen molar-refractivity contribution in [2.45, 2.75) is 37.6 Å². The zero-order chi connectivity index (χ0) is 15.1. The summed E-state index contributed by atoms with van der Waals surface area (Å²) in [6.45, 7) is 4.74. The first-order valence-electron chi connectivity index (χ1n) is 6.03. The highest BCUT2D eigenvalue weighted by Crippen LogP contribution is 2.22. The molecule has 9 heteroatoms. The van der Waals surface area contributed by atoms with E-state index in [0.717, 1.165) is 0 Å². The SMILES string of the molecule is C=CCOC1OC(CN=[N+]=[N-])C(O)C(O)C1NC(C)=O. The number of nitrogens with one attached hydrogen (secondary N) is 1. The summed E-state index contributed by atoms with van der Waals surface area (Å²) in [6, 6.07) is -0.926. The maximum Gasteiger partial charge on any atom is 0.217 e. The molecule has 1 saturated heterocycles. The van der Waals surface area contributed by atoms with Crippen molar-refractivity contribution in [2.24, 2.45) is 5.11 Å². The first-order chi connectivity index (χ1) is 9.51. The highest BCUT2D eigenvalue weighted by Gasteiger charge is 2.45. The quantitative estimate of drug-likeness (QED) is 0.260. The van der Waals surface area contributed by atoms with Crippen molar-refractivity contribution >= 4 is 5.91 Å². The van der Waals surface area contributed by atoms with E-state index < -0.39 is 36.6 Å². The van der Waals surface area contributed by atoms with E-state index in [9.17, 15) is 15.0 Å². The van der Waals surface area contributed by atoms with Crippen LogP contribution in [-0.2, 0) is 14.3 Å². The van der Waals surface area contributed by atoms with Crippen molar-refractivity contribution in [3.63, 3.8) is 0 Å². The van der Waals surface area contributed by atoms with Crippen LogP contribution in [0.4, 0.5) is 0 Å². The number of ether oxygens (including phenoxy) is 2. The molecule has 20 heavy (non-hydrogen) atoms. The summed E-state index contributed by atoms with van der Waals surface area (Å²) < 4.78 is 10.7. The Balaban J connectivity index is 2.84. The van der Waals surface area contributed by atoms with Crippen LogP contribution < -0.4 is 5.32 Å². The Morgan fingerprint density at radius 2 is 2.30 bits per heavy atom. The number of amides is 1. The monoisotopic (exact) mass is 286 g/mol. The van der Waals surface area contributed by atoms with Gasteiger partial charge in [-0.05, 0) is 5.53 Å².